The van der Waals surface area contributed by atoms with E-state index in [4.69, 9.17) is 4.52 Å². The normalized spacial score (nSPS) is 15.7. The summed E-state index contributed by atoms with van der Waals surface area (Å²) in [4.78, 5) is 0. The molecule has 0 radical (unpaired) electrons. The first-order chi connectivity index (χ1) is 13.5. The third-order valence-electron chi connectivity index (χ3n) is 5.04. The van der Waals surface area contributed by atoms with E-state index in [1.165, 1.54) is 11.1 Å². The van der Waals surface area contributed by atoms with Crippen LogP contribution in [0.25, 0.3) is 0 Å². The Bertz CT molecular complexity index is 941. The van der Waals surface area contributed by atoms with Gasteiger partial charge in [-0.1, -0.05) is 53.1 Å². The lowest BCUT2D eigenvalue weighted by Crippen LogP contribution is -2.22. The van der Waals surface area contributed by atoms with E-state index in [1.54, 1.807) is 0 Å². The topological polar surface area (TPSA) is 32.8 Å². The third kappa shape index (κ3) is 3.53. The summed E-state index contributed by atoms with van der Waals surface area (Å²) in [6.07, 6.45) is 0. The Morgan fingerprint density at radius 2 is 1.00 bits per heavy atom. The van der Waals surface area contributed by atoms with E-state index in [-0.39, 0.29) is 0 Å². The minimum absolute atomic E-state index is 0.616. The molecule has 0 spiro atoms. The number of aryl methyl sites for hydroxylation is 3. The highest BCUT2D eigenvalue weighted by atomic mass is 31.2. The van der Waals surface area contributed by atoms with Crippen molar-refractivity contribution in [2.75, 3.05) is 22.4 Å². The zero-order chi connectivity index (χ0) is 19.7. The summed E-state index contributed by atoms with van der Waals surface area (Å²) >= 11 is 0. The van der Waals surface area contributed by atoms with Gasteiger partial charge >= 0.3 is 7.67 Å². The minimum Gasteiger partial charge on any atom is -0.414 e. The maximum Gasteiger partial charge on any atom is 0.449 e. The molecular formula is C23H25N2O2P. The average molecular weight is 392 g/mol. The van der Waals surface area contributed by atoms with Crippen molar-refractivity contribution in [3.63, 3.8) is 0 Å². The first-order valence-corrected chi connectivity index (χ1v) is 11.0. The highest BCUT2D eigenvalue weighted by molar-refractivity contribution is 7.63. The molecule has 0 saturated carbocycles. The van der Waals surface area contributed by atoms with Crippen LogP contribution in [0.1, 0.15) is 16.7 Å². The predicted octanol–water partition coefficient (Wildman–Crippen LogP) is 6.13. The van der Waals surface area contributed by atoms with Crippen LogP contribution < -0.4 is 13.9 Å². The van der Waals surface area contributed by atoms with E-state index >= 15 is 0 Å². The van der Waals surface area contributed by atoms with Crippen molar-refractivity contribution in [3.05, 3.63) is 89.5 Å². The van der Waals surface area contributed by atoms with Crippen molar-refractivity contribution in [3.8, 4) is 5.75 Å². The number of benzene rings is 3. The van der Waals surface area contributed by atoms with Crippen molar-refractivity contribution in [2.45, 2.75) is 20.8 Å². The molecule has 1 heterocycles. The molecule has 0 amide bonds. The van der Waals surface area contributed by atoms with Crippen LogP contribution in [0.3, 0.4) is 0 Å². The molecular weight excluding hydrogens is 367 g/mol. The molecule has 0 aromatic heterocycles. The molecule has 4 nitrogen and oxygen atoms in total. The van der Waals surface area contributed by atoms with E-state index < -0.39 is 7.67 Å². The molecule has 5 heteroatoms. The highest BCUT2D eigenvalue weighted by Gasteiger charge is 2.46. The van der Waals surface area contributed by atoms with Crippen molar-refractivity contribution < 1.29 is 9.09 Å². The first kappa shape index (κ1) is 18.6. The molecule has 0 unspecified atom stereocenters. The van der Waals surface area contributed by atoms with Crippen LogP contribution in [0, 0.1) is 20.8 Å². The van der Waals surface area contributed by atoms with Crippen LogP contribution in [-0.4, -0.2) is 13.1 Å². The molecule has 0 bridgehead atoms. The van der Waals surface area contributed by atoms with Crippen LogP contribution in [0.4, 0.5) is 11.4 Å². The Morgan fingerprint density at radius 1 is 0.643 bits per heavy atom. The summed E-state index contributed by atoms with van der Waals surface area (Å²) in [6.45, 7) is 7.41. The van der Waals surface area contributed by atoms with E-state index in [0.29, 0.717) is 18.8 Å². The summed E-state index contributed by atoms with van der Waals surface area (Å²) < 4.78 is 24.4. The monoisotopic (exact) mass is 392 g/mol. The fourth-order valence-corrected chi connectivity index (χ4v) is 5.78. The number of anilines is 2. The van der Waals surface area contributed by atoms with E-state index in [1.807, 2.05) is 89.1 Å². The van der Waals surface area contributed by atoms with E-state index in [0.717, 1.165) is 16.9 Å². The van der Waals surface area contributed by atoms with Crippen molar-refractivity contribution in [1.29, 1.82) is 0 Å². The number of hydrogen-bond acceptors (Lipinski definition) is 2. The number of nitrogens with zero attached hydrogens (tertiary/aromatic N) is 2. The molecule has 3 aromatic rings. The number of hydrogen-bond donors (Lipinski definition) is 0. The Hall–Kier alpha value is -2.71. The van der Waals surface area contributed by atoms with Gasteiger partial charge in [-0.25, -0.2) is 4.57 Å². The van der Waals surface area contributed by atoms with E-state index in [2.05, 4.69) is 13.8 Å². The SMILES string of the molecule is Cc1ccc(OP2(=O)N(c3ccc(C)cc3)CCN2c2ccc(C)cc2)cc1. The second kappa shape index (κ2) is 7.37. The van der Waals surface area contributed by atoms with Gasteiger partial charge in [0, 0.05) is 24.5 Å². The lowest BCUT2D eigenvalue weighted by molar-refractivity contribution is 0.482. The molecule has 1 fully saturated rings. The van der Waals surface area contributed by atoms with Crippen molar-refractivity contribution >= 4 is 19.0 Å². The van der Waals surface area contributed by atoms with Crippen molar-refractivity contribution in [2.24, 2.45) is 0 Å². The molecule has 0 aliphatic carbocycles. The summed E-state index contributed by atoms with van der Waals surface area (Å²) in [5, 5.41) is 0. The lowest BCUT2D eigenvalue weighted by atomic mass is 10.2. The van der Waals surface area contributed by atoms with Gasteiger partial charge in [0.25, 0.3) is 0 Å². The Morgan fingerprint density at radius 3 is 1.39 bits per heavy atom. The molecule has 1 aliphatic heterocycles. The second-order valence-electron chi connectivity index (χ2n) is 7.31. The third-order valence-corrected chi connectivity index (χ3v) is 7.57. The van der Waals surface area contributed by atoms with Crippen LogP contribution in [-0.2, 0) is 4.57 Å². The largest absolute Gasteiger partial charge is 0.449 e. The molecule has 0 atom stereocenters. The minimum atomic E-state index is -3.33. The van der Waals surface area contributed by atoms with Crippen LogP contribution in [0.15, 0.2) is 72.8 Å². The average Bonchev–Trinajstić information content (AvgIpc) is 3.02. The summed E-state index contributed by atoms with van der Waals surface area (Å²) in [5.41, 5.74) is 5.31. The van der Waals surface area contributed by atoms with Gasteiger partial charge in [0.1, 0.15) is 5.75 Å². The zero-order valence-corrected chi connectivity index (χ0v) is 17.4. The number of rotatable bonds is 4. The maximum atomic E-state index is 14.3. The van der Waals surface area contributed by atoms with Gasteiger partial charge in [-0.2, -0.15) is 0 Å². The fraction of sp³-hybridized carbons (Fsp3) is 0.217. The van der Waals surface area contributed by atoms with Gasteiger partial charge in [0.15, 0.2) is 0 Å². The van der Waals surface area contributed by atoms with E-state index in [9.17, 15) is 4.57 Å². The summed E-state index contributed by atoms with van der Waals surface area (Å²) in [5.74, 6) is 0.616. The van der Waals surface area contributed by atoms with Crippen LogP contribution >= 0.6 is 7.67 Å². The van der Waals surface area contributed by atoms with Crippen LogP contribution in [0.2, 0.25) is 0 Å². The van der Waals surface area contributed by atoms with Gasteiger partial charge < -0.3 is 4.52 Å². The van der Waals surface area contributed by atoms with Crippen LogP contribution in [0.5, 0.6) is 5.75 Å². The Labute approximate surface area is 166 Å². The maximum absolute atomic E-state index is 14.3. The van der Waals surface area contributed by atoms with Crippen molar-refractivity contribution in [1.82, 2.24) is 0 Å². The Kier molecular flexibility index (Phi) is 4.91. The smallest absolute Gasteiger partial charge is 0.414 e. The van der Waals surface area contributed by atoms with Gasteiger partial charge in [-0.15, -0.1) is 0 Å². The molecule has 1 aliphatic rings. The summed E-state index contributed by atoms with van der Waals surface area (Å²) in [6, 6.07) is 23.9. The Balaban J connectivity index is 1.75. The molecule has 3 aromatic carbocycles. The molecule has 0 N–H and O–H groups in total. The molecule has 1 saturated heterocycles. The second-order valence-corrected chi connectivity index (χ2v) is 9.44. The zero-order valence-electron chi connectivity index (χ0n) is 16.5. The van der Waals surface area contributed by atoms with Gasteiger partial charge in [-0.3, -0.25) is 9.34 Å². The van der Waals surface area contributed by atoms with Gasteiger partial charge in [0.2, 0.25) is 0 Å². The molecule has 28 heavy (non-hydrogen) atoms. The standard InChI is InChI=1S/C23H25N2O2P/c1-18-4-10-21(11-5-18)24-16-17-25(22-12-6-19(2)7-13-22)28(24,26)27-23-14-8-20(3)9-15-23/h4-15H,16-17H2,1-3H3. The molecule has 4 rings (SSSR count). The first-order valence-electron chi connectivity index (χ1n) is 9.51. The highest BCUT2D eigenvalue weighted by Crippen LogP contribution is 2.60. The fourth-order valence-electron chi connectivity index (χ4n) is 3.39. The predicted molar refractivity (Wildman–Crippen MR) is 116 cm³/mol. The van der Waals surface area contributed by atoms with Gasteiger partial charge in [0.05, 0.1) is 0 Å². The molecule has 144 valence electrons. The summed E-state index contributed by atoms with van der Waals surface area (Å²) in [7, 11) is -3.33. The van der Waals surface area contributed by atoms with Gasteiger partial charge in [-0.05, 0) is 57.2 Å². The quantitative estimate of drug-likeness (QED) is 0.500. The lowest BCUT2D eigenvalue weighted by Gasteiger charge is -2.31.